The molecular formula is C31H27N5O6S. The molecule has 3 aromatic heterocycles. The van der Waals surface area contributed by atoms with Gasteiger partial charge in [-0.15, -0.1) is 11.3 Å². The van der Waals surface area contributed by atoms with Gasteiger partial charge in [0.2, 0.25) is 0 Å². The molecule has 0 radical (unpaired) electrons. The molecule has 6 rings (SSSR count). The SMILES string of the molecule is O=C(OCc1ccccc1)Oc1cc2nccc(Oc3ccc(NC(=O)c4csc(N5CCCCC5)n4)nc3)c2cc1O. The number of phenolic OH excluding ortho intramolecular Hbond substituents is 1. The monoisotopic (exact) mass is 597 g/mol. The fourth-order valence-corrected chi connectivity index (χ4v) is 5.42. The van der Waals surface area contributed by atoms with Crippen LogP contribution in [0.4, 0.5) is 15.7 Å². The maximum Gasteiger partial charge on any atom is 0.514 e. The van der Waals surface area contributed by atoms with E-state index in [1.165, 1.54) is 42.3 Å². The number of carbonyl (C=O) groups is 2. The summed E-state index contributed by atoms with van der Waals surface area (Å²) in [6.45, 7) is 1.96. The molecular weight excluding hydrogens is 570 g/mol. The first-order valence-electron chi connectivity index (χ1n) is 13.7. The van der Waals surface area contributed by atoms with Crippen molar-refractivity contribution in [3.8, 4) is 23.0 Å². The van der Waals surface area contributed by atoms with Crippen LogP contribution < -0.4 is 19.7 Å². The van der Waals surface area contributed by atoms with E-state index >= 15 is 0 Å². The minimum absolute atomic E-state index is 0.0330. The number of anilines is 2. The smallest absolute Gasteiger partial charge is 0.504 e. The fourth-order valence-electron chi connectivity index (χ4n) is 4.56. The Labute approximate surface area is 250 Å². The van der Waals surface area contributed by atoms with E-state index in [4.69, 9.17) is 14.2 Å². The molecule has 1 aliphatic rings. The molecule has 0 aliphatic carbocycles. The summed E-state index contributed by atoms with van der Waals surface area (Å²) in [6, 6.07) is 16.9. The van der Waals surface area contributed by atoms with Crippen LogP contribution in [0.5, 0.6) is 23.0 Å². The number of benzene rings is 2. The van der Waals surface area contributed by atoms with Gasteiger partial charge in [-0.25, -0.2) is 14.8 Å². The molecule has 0 bridgehead atoms. The van der Waals surface area contributed by atoms with Crippen LogP contribution in [0.3, 0.4) is 0 Å². The van der Waals surface area contributed by atoms with E-state index in [9.17, 15) is 14.7 Å². The van der Waals surface area contributed by atoms with Crippen LogP contribution in [-0.2, 0) is 11.3 Å². The van der Waals surface area contributed by atoms with Crippen molar-refractivity contribution in [1.29, 1.82) is 0 Å². The van der Waals surface area contributed by atoms with Gasteiger partial charge in [-0.2, -0.15) is 0 Å². The van der Waals surface area contributed by atoms with Crippen molar-refractivity contribution in [3.05, 3.63) is 89.7 Å². The molecule has 1 aliphatic heterocycles. The van der Waals surface area contributed by atoms with Crippen molar-refractivity contribution >= 4 is 45.3 Å². The topological polar surface area (TPSA) is 136 Å². The fraction of sp³-hybridized carbons (Fsp3) is 0.194. The molecule has 218 valence electrons. The molecule has 12 heteroatoms. The van der Waals surface area contributed by atoms with Gasteiger partial charge in [0, 0.05) is 36.1 Å². The number of piperidine rings is 1. The molecule has 0 spiro atoms. The lowest BCUT2D eigenvalue weighted by Crippen LogP contribution is -2.29. The first kappa shape index (κ1) is 27.9. The van der Waals surface area contributed by atoms with E-state index in [-0.39, 0.29) is 24.0 Å². The normalized spacial score (nSPS) is 13.0. The lowest BCUT2D eigenvalue weighted by molar-refractivity contribution is 0.0917. The van der Waals surface area contributed by atoms with Crippen LogP contribution in [-0.4, -0.2) is 45.2 Å². The number of aromatic nitrogens is 3. The van der Waals surface area contributed by atoms with E-state index in [1.54, 1.807) is 23.6 Å². The highest BCUT2D eigenvalue weighted by atomic mass is 32.1. The molecule has 1 saturated heterocycles. The van der Waals surface area contributed by atoms with E-state index in [1.807, 2.05) is 30.3 Å². The molecule has 0 saturated carbocycles. The number of nitrogens with one attached hydrogen (secondary N) is 1. The largest absolute Gasteiger partial charge is 0.514 e. The van der Waals surface area contributed by atoms with Crippen LogP contribution >= 0.6 is 11.3 Å². The average Bonchev–Trinajstić information content (AvgIpc) is 3.54. The number of carbonyl (C=O) groups excluding carboxylic acids is 2. The maximum absolute atomic E-state index is 12.7. The number of phenols is 1. The highest BCUT2D eigenvalue weighted by Crippen LogP contribution is 2.36. The van der Waals surface area contributed by atoms with E-state index in [2.05, 4.69) is 25.2 Å². The van der Waals surface area contributed by atoms with Crippen LogP contribution in [0.2, 0.25) is 0 Å². The maximum atomic E-state index is 12.7. The highest BCUT2D eigenvalue weighted by molar-refractivity contribution is 7.14. The molecule has 2 N–H and O–H groups in total. The quantitative estimate of drug-likeness (QED) is 0.150. The van der Waals surface area contributed by atoms with E-state index in [0.29, 0.717) is 33.9 Å². The third-order valence-electron chi connectivity index (χ3n) is 6.73. The highest BCUT2D eigenvalue weighted by Gasteiger charge is 2.18. The second-order valence-corrected chi connectivity index (χ2v) is 10.6. The number of hydrogen-bond acceptors (Lipinski definition) is 11. The molecule has 0 unspecified atom stereocenters. The molecule has 5 aromatic rings. The van der Waals surface area contributed by atoms with Crippen LogP contribution in [0.25, 0.3) is 10.9 Å². The lowest BCUT2D eigenvalue weighted by Gasteiger charge is -2.25. The number of ether oxygens (including phenoxy) is 3. The standard InChI is InChI=1S/C31H27N5O6S/c37-25-15-22-23(16-27(25)42-31(39)40-18-20-7-3-1-4-8-20)32-12-11-26(22)41-21-9-10-28(33-17-21)35-29(38)24-19-43-30(34-24)36-13-5-2-6-14-36/h1,3-4,7-12,15-17,19,37H,2,5-6,13-14,18H2,(H,33,35,38). The zero-order valence-electron chi connectivity index (χ0n) is 22.9. The molecule has 2 aromatic carbocycles. The zero-order valence-corrected chi connectivity index (χ0v) is 23.8. The Kier molecular flexibility index (Phi) is 8.27. The Morgan fingerprint density at radius 3 is 2.60 bits per heavy atom. The van der Waals surface area contributed by atoms with Crippen LogP contribution in [0.1, 0.15) is 35.3 Å². The van der Waals surface area contributed by atoms with Gasteiger partial charge in [0.25, 0.3) is 5.91 Å². The number of hydrogen-bond donors (Lipinski definition) is 2. The van der Waals surface area contributed by atoms with Crippen molar-refractivity contribution in [3.63, 3.8) is 0 Å². The third-order valence-corrected chi connectivity index (χ3v) is 7.63. The van der Waals surface area contributed by atoms with Gasteiger partial charge in [-0.3, -0.25) is 9.78 Å². The Hall–Kier alpha value is -5.23. The van der Waals surface area contributed by atoms with Crippen molar-refractivity contribution in [1.82, 2.24) is 15.0 Å². The van der Waals surface area contributed by atoms with Crippen molar-refractivity contribution in [2.45, 2.75) is 25.9 Å². The molecule has 11 nitrogen and oxygen atoms in total. The van der Waals surface area contributed by atoms with E-state index in [0.717, 1.165) is 36.6 Å². The molecule has 0 atom stereocenters. The predicted molar refractivity (Wildman–Crippen MR) is 161 cm³/mol. The van der Waals surface area contributed by atoms with Crippen LogP contribution in [0, 0.1) is 0 Å². The number of aromatic hydroxyl groups is 1. The summed E-state index contributed by atoms with van der Waals surface area (Å²) >= 11 is 1.47. The van der Waals surface area contributed by atoms with Gasteiger partial charge in [0.05, 0.1) is 11.7 Å². The van der Waals surface area contributed by atoms with Crippen LogP contribution in [0.15, 0.2) is 78.4 Å². The Morgan fingerprint density at radius 1 is 0.977 bits per heavy atom. The second kappa shape index (κ2) is 12.7. The predicted octanol–water partition coefficient (Wildman–Crippen LogP) is 6.54. The van der Waals surface area contributed by atoms with Crippen molar-refractivity contribution < 1.29 is 28.9 Å². The van der Waals surface area contributed by atoms with Crippen molar-refractivity contribution in [2.24, 2.45) is 0 Å². The number of fused-ring (bicyclic) bond motifs is 1. The van der Waals surface area contributed by atoms with Gasteiger partial charge in [0.15, 0.2) is 16.6 Å². The summed E-state index contributed by atoms with van der Waals surface area (Å²) in [5.41, 5.74) is 1.57. The number of thiazole rings is 1. The van der Waals surface area contributed by atoms with Gasteiger partial charge in [-0.05, 0) is 49.1 Å². The molecule has 1 fully saturated rings. The summed E-state index contributed by atoms with van der Waals surface area (Å²) < 4.78 is 16.3. The van der Waals surface area contributed by atoms with Gasteiger partial charge in [-0.1, -0.05) is 30.3 Å². The summed E-state index contributed by atoms with van der Waals surface area (Å²) in [6.07, 6.45) is 5.54. The molecule has 43 heavy (non-hydrogen) atoms. The summed E-state index contributed by atoms with van der Waals surface area (Å²) in [5, 5.41) is 16.4. The first-order valence-corrected chi connectivity index (χ1v) is 14.6. The lowest BCUT2D eigenvalue weighted by atomic mass is 10.1. The minimum atomic E-state index is -0.957. The Bertz CT molecular complexity index is 1740. The van der Waals surface area contributed by atoms with Crippen molar-refractivity contribution in [2.75, 3.05) is 23.3 Å². The zero-order chi connectivity index (χ0) is 29.6. The summed E-state index contributed by atoms with van der Waals surface area (Å²) in [4.78, 5) is 40.2. The van der Waals surface area contributed by atoms with Gasteiger partial charge >= 0.3 is 6.16 Å². The van der Waals surface area contributed by atoms with Gasteiger partial charge < -0.3 is 29.5 Å². The van der Waals surface area contributed by atoms with E-state index < -0.39 is 6.16 Å². The number of nitrogens with zero attached hydrogens (tertiary/aromatic N) is 4. The van der Waals surface area contributed by atoms with Gasteiger partial charge in [0.1, 0.15) is 29.6 Å². The summed E-state index contributed by atoms with van der Waals surface area (Å²) in [7, 11) is 0. The second-order valence-electron chi connectivity index (χ2n) is 9.77. The summed E-state index contributed by atoms with van der Waals surface area (Å²) in [5.74, 6) is 0.422. The Morgan fingerprint density at radius 2 is 1.81 bits per heavy atom. The number of rotatable bonds is 8. The average molecular weight is 598 g/mol. The number of amides is 1. The minimum Gasteiger partial charge on any atom is -0.504 e. The number of pyridine rings is 2. The first-order chi connectivity index (χ1) is 21.0. The Balaban J connectivity index is 1.09. The third kappa shape index (κ3) is 6.81. The molecule has 1 amide bonds. The molecule has 4 heterocycles.